The average Bonchev–Trinajstić information content (AvgIpc) is 2.95. The van der Waals surface area contributed by atoms with Crippen molar-refractivity contribution < 1.29 is 9.59 Å². The van der Waals surface area contributed by atoms with Gasteiger partial charge in [-0.25, -0.2) is 4.98 Å². The normalized spacial score (nSPS) is 20.5. The second-order valence-electron chi connectivity index (χ2n) is 4.48. The fourth-order valence-electron chi connectivity index (χ4n) is 2.20. The van der Waals surface area contributed by atoms with E-state index in [-0.39, 0.29) is 30.9 Å². The van der Waals surface area contributed by atoms with E-state index in [1.807, 2.05) is 29.1 Å². The highest BCUT2D eigenvalue weighted by molar-refractivity contribution is 7.15. The molecule has 1 atom stereocenters. The molecule has 1 N–H and O–H groups in total. The summed E-state index contributed by atoms with van der Waals surface area (Å²) in [6.07, 6.45) is 4.45. The molecule has 0 aliphatic carbocycles. The van der Waals surface area contributed by atoms with Gasteiger partial charge in [0.05, 0.1) is 24.8 Å². The van der Waals surface area contributed by atoms with Gasteiger partial charge in [-0.15, -0.1) is 11.3 Å². The lowest BCUT2D eigenvalue weighted by molar-refractivity contribution is -0.150. The standard InChI is InChI=1S/C12H14N4O2S/c1-2-9-11(18)16(10(17)5-13-9)7-8-6-15-3-4-19-12(15)14-8/h3-4,6,9,13H,2,5,7H2,1H3. The number of amides is 2. The minimum atomic E-state index is -0.263. The molecule has 3 rings (SSSR count). The zero-order valence-corrected chi connectivity index (χ0v) is 11.3. The molecule has 1 aliphatic heterocycles. The van der Waals surface area contributed by atoms with E-state index in [1.54, 1.807) is 0 Å². The van der Waals surface area contributed by atoms with Crippen LogP contribution in [0.3, 0.4) is 0 Å². The number of rotatable bonds is 3. The number of carbonyl (C=O) groups is 2. The molecular formula is C12H14N4O2S. The van der Waals surface area contributed by atoms with Gasteiger partial charge in [0.15, 0.2) is 4.96 Å². The quantitative estimate of drug-likeness (QED) is 0.836. The minimum absolute atomic E-state index is 0.157. The van der Waals surface area contributed by atoms with Crippen molar-refractivity contribution >= 4 is 28.1 Å². The Hall–Kier alpha value is -1.73. The fourth-order valence-corrected chi connectivity index (χ4v) is 2.92. The zero-order valence-electron chi connectivity index (χ0n) is 10.5. The van der Waals surface area contributed by atoms with Crippen LogP contribution in [0.1, 0.15) is 19.0 Å². The first-order valence-electron chi connectivity index (χ1n) is 6.17. The first-order valence-corrected chi connectivity index (χ1v) is 7.05. The van der Waals surface area contributed by atoms with E-state index in [4.69, 9.17) is 0 Å². The van der Waals surface area contributed by atoms with Gasteiger partial charge in [0.2, 0.25) is 11.8 Å². The van der Waals surface area contributed by atoms with Crippen LogP contribution in [0.25, 0.3) is 4.96 Å². The van der Waals surface area contributed by atoms with E-state index in [0.29, 0.717) is 6.42 Å². The Balaban J connectivity index is 1.82. The maximum atomic E-state index is 12.1. The van der Waals surface area contributed by atoms with E-state index in [9.17, 15) is 9.59 Å². The highest BCUT2D eigenvalue weighted by Gasteiger charge is 2.33. The molecule has 0 bridgehead atoms. The molecule has 0 aromatic carbocycles. The monoisotopic (exact) mass is 278 g/mol. The number of thiazole rings is 1. The Morgan fingerprint density at radius 2 is 2.37 bits per heavy atom. The Morgan fingerprint density at radius 3 is 3.11 bits per heavy atom. The van der Waals surface area contributed by atoms with Crippen molar-refractivity contribution in [2.75, 3.05) is 6.54 Å². The summed E-state index contributed by atoms with van der Waals surface area (Å²) < 4.78 is 1.90. The molecule has 7 heteroatoms. The minimum Gasteiger partial charge on any atom is -0.297 e. The number of carbonyl (C=O) groups excluding carboxylic acids is 2. The molecule has 6 nitrogen and oxygen atoms in total. The summed E-state index contributed by atoms with van der Waals surface area (Å²) >= 11 is 1.53. The summed E-state index contributed by atoms with van der Waals surface area (Å²) in [5, 5.41) is 4.89. The lowest BCUT2D eigenvalue weighted by Crippen LogP contribution is -2.57. The van der Waals surface area contributed by atoms with Crippen molar-refractivity contribution in [1.29, 1.82) is 0 Å². The molecule has 2 aromatic rings. The van der Waals surface area contributed by atoms with Gasteiger partial charge in [-0.2, -0.15) is 0 Å². The molecule has 0 radical (unpaired) electrons. The van der Waals surface area contributed by atoms with Crippen molar-refractivity contribution in [1.82, 2.24) is 19.6 Å². The smallest absolute Gasteiger partial charge is 0.246 e. The van der Waals surface area contributed by atoms with Gasteiger partial charge >= 0.3 is 0 Å². The third-order valence-electron chi connectivity index (χ3n) is 3.24. The van der Waals surface area contributed by atoms with Crippen molar-refractivity contribution in [3.8, 4) is 0 Å². The van der Waals surface area contributed by atoms with E-state index in [0.717, 1.165) is 10.7 Å². The highest BCUT2D eigenvalue weighted by atomic mass is 32.1. The maximum absolute atomic E-state index is 12.1. The van der Waals surface area contributed by atoms with Crippen LogP contribution in [0.15, 0.2) is 17.8 Å². The van der Waals surface area contributed by atoms with Gasteiger partial charge in [0.25, 0.3) is 0 Å². The molecule has 2 aromatic heterocycles. The third kappa shape index (κ3) is 2.15. The Morgan fingerprint density at radius 1 is 1.53 bits per heavy atom. The molecule has 1 unspecified atom stereocenters. The molecular weight excluding hydrogens is 264 g/mol. The zero-order chi connectivity index (χ0) is 13.4. The van der Waals surface area contributed by atoms with Crippen LogP contribution in [-0.2, 0) is 16.1 Å². The van der Waals surface area contributed by atoms with Crippen molar-refractivity contribution in [3.05, 3.63) is 23.5 Å². The fraction of sp³-hybridized carbons (Fsp3) is 0.417. The summed E-state index contributed by atoms with van der Waals surface area (Å²) in [4.78, 5) is 30.5. The molecule has 1 aliphatic rings. The lowest BCUT2D eigenvalue weighted by atomic mass is 10.1. The van der Waals surface area contributed by atoms with Gasteiger partial charge in [0, 0.05) is 17.8 Å². The number of aromatic nitrogens is 2. The molecule has 3 heterocycles. The Labute approximate surface area is 114 Å². The molecule has 0 saturated carbocycles. The molecule has 100 valence electrons. The van der Waals surface area contributed by atoms with Crippen LogP contribution in [0.2, 0.25) is 0 Å². The average molecular weight is 278 g/mol. The van der Waals surface area contributed by atoms with Gasteiger partial charge in [0.1, 0.15) is 0 Å². The predicted octanol–water partition coefficient (Wildman–Crippen LogP) is 0.633. The number of fused-ring (bicyclic) bond motifs is 1. The molecule has 2 amide bonds. The number of hydrogen-bond donors (Lipinski definition) is 1. The summed E-state index contributed by atoms with van der Waals surface area (Å²) in [5.41, 5.74) is 0.741. The van der Waals surface area contributed by atoms with Crippen LogP contribution in [0.4, 0.5) is 0 Å². The van der Waals surface area contributed by atoms with Gasteiger partial charge in [-0.3, -0.25) is 24.2 Å². The summed E-state index contributed by atoms with van der Waals surface area (Å²) in [7, 11) is 0. The number of piperazine rings is 1. The SMILES string of the molecule is CCC1NCC(=O)N(Cc2cn3ccsc3n2)C1=O. The Bertz CT molecular complexity index is 604. The molecule has 0 spiro atoms. The van der Waals surface area contributed by atoms with Crippen molar-refractivity contribution in [3.63, 3.8) is 0 Å². The van der Waals surface area contributed by atoms with Crippen LogP contribution in [-0.4, -0.2) is 38.7 Å². The maximum Gasteiger partial charge on any atom is 0.246 e. The van der Waals surface area contributed by atoms with Crippen LogP contribution >= 0.6 is 11.3 Å². The largest absolute Gasteiger partial charge is 0.297 e. The van der Waals surface area contributed by atoms with Crippen molar-refractivity contribution in [2.45, 2.75) is 25.9 Å². The van der Waals surface area contributed by atoms with E-state index < -0.39 is 0 Å². The number of imide groups is 1. The van der Waals surface area contributed by atoms with Gasteiger partial charge in [-0.05, 0) is 6.42 Å². The second-order valence-corrected chi connectivity index (χ2v) is 5.36. The van der Waals surface area contributed by atoms with Crippen LogP contribution in [0, 0.1) is 0 Å². The third-order valence-corrected chi connectivity index (χ3v) is 4.01. The van der Waals surface area contributed by atoms with Crippen molar-refractivity contribution in [2.24, 2.45) is 0 Å². The number of nitrogens with zero attached hydrogens (tertiary/aromatic N) is 3. The molecule has 19 heavy (non-hydrogen) atoms. The van der Waals surface area contributed by atoms with E-state index >= 15 is 0 Å². The van der Waals surface area contributed by atoms with Crippen LogP contribution in [0.5, 0.6) is 0 Å². The van der Waals surface area contributed by atoms with Gasteiger partial charge < -0.3 is 0 Å². The first-order chi connectivity index (χ1) is 9.19. The highest BCUT2D eigenvalue weighted by Crippen LogP contribution is 2.15. The lowest BCUT2D eigenvalue weighted by Gasteiger charge is -2.30. The number of imidazole rings is 1. The van der Waals surface area contributed by atoms with E-state index in [1.165, 1.54) is 16.2 Å². The van der Waals surface area contributed by atoms with Gasteiger partial charge in [-0.1, -0.05) is 6.92 Å². The predicted molar refractivity (Wildman–Crippen MR) is 70.7 cm³/mol. The molecule has 1 fully saturated rings. The first kappa shape index (κ1) is 12.3. The topological polar surface area (TPSA) is 66.7 Å². The second kappa shape index (κ2) is 4.75. The Kier molecular flexibility index (Phi) is 3.08. The molecule has 1 saturated heterocycles. The summed E-state index contributed by atoms with van der Waals surface area (Å²) in [5.74, 6) is -0.346. The number of hydrogen-bond acceptors (Lipinski definition) is 5. The summed E-state index contributed by atoms with van der Waals surface area (Å²) in [6, 6.07) is -0.263. The number of nitrogens with one attached hydrogen (secondary N) is 1. The van der Waals surface area contributed by atoms with Crippen LogP contribution < -0.4 is 5.32 Å². The summed E-state index contributed by atoms with van der Waals surface area (Å²) in [6.45, 7) is 2.40. The van der Waals surface area contributed by atoms with E-state index in [2.05, 4.69) is 10.3 Å².